The van der Waals surface area contributed by atoms with Crippen LogP contribution in [-0.4, -0.2) is 13.0 Å². The molecule has 1 amide bonds. The molecule has 0 fully saturated rings. The number of halogens is 1. The van der Waals surface area contributed by atoms with E-state index in [-0.39, 0.29) is 5.91 Å². The molecule has 4 nitrogen and oxygen atoms in total. The molecule has 5 heteroatoms. The quantitative estimate of drug-likeness (QED) is 0.845. The van der Waals surface area contributed by atoms with Crippen molar-refractivity contribution in [2.75, 3.05) is 18.2 Å². The summed E-state index contributed by atoms with van der Waals surface area (Å²) in [5.41, 5.74) is 7.74. The fourth-order valence-corrected chi connectivity index (χ4v) is 1.94. The second-order valence-electron chi connectivity index (χ2n) is 4.37. The Bertz CT molecular complexity index is 656. The molecule has 2 rings (SSSR count). The molecule has 20 heavy (non-hydrogen) atoms. The highest BCUT2D eigenvalue weighted by Crippen LogP contribution is 2.30. The SMILES string of the molecule is COc1ccc(-c2cc(N)cc(NC(C)=O)c2)c(F)c1. The third kappa shape index (κ3) is 3.06. The highest BCUT2D eigenvalue weighted by Gasteiger charge is 2.09. The number of nitrogens with two attached hydrogens (primary N) is 1. The largest absolute Gasteiger partial charge is 0.497 e. The lowest BCUT2D eigenvalue weighted by Gasteiger charge is -2.10. The van der Waals surface area contributed by atoms with E-state index in [4.69, 9.17) is 10.5 Å². The number of hydrogen-bond acceptors (Lipinski definition) is 3. The van der Waals surface area contributed by atoms with Crippen molar-refractivity contribution in [2.45, 2.75) is 6.92 Å². The maximum atomic E-state index is 14.0. The van der Waals surface area contributed by atoms with E-state index in [1.54, 1.807) is 30.3 Å². The van der Waals surface area contributed by atoms with Crippen LogP contribution in [0.1, 0.15) is 6.92 Å². The number of ether oxygens (including phenoxy) is 1. The van der Waals surface area contributed by atoms with E-state index >= 15 is 0 Å². The zero-order chi connectivity index (χ0) is 14.7. The predicted molar refractivity (Wildman–Crippen MR) is 77.1 cm³/mol. The molecule has 0 unspecified atom stereocenters. The van der Waals surface area contributed by atoms with Gasteiger partial charge >= 0.3 is 0 Å². The van der Waals surface area contributed by atoms with Crippen LogP contribution >= 0.6 is 0 Å². The average molecular weight is 274 g/mol. The first-order valence-corrected chi connectivity index (χ1v) is 6.01. The zero-order valence-corrected chi connectivity index (χ0v) is 11.2. The maximum Gasteiger partial charge on any atom is 0.221 e. The molecule has 0 aliphatic heterocycles. The van der Waals surface area contributed by atoms with Crippen LogP contribution in [-0.2, 0) is 4.79 Å². The van der Waals surface area contributed by atoms with Crippen molar-refractivity contribution in [3.05, 3.63) is 42.2 Å². The summed E-state index contributed by atoms with van der Waals surface area (Å²) in [7, 11) is 1.48. The number of nitrogen functional groups attached to an aromatic ring is 1. The summed E-state index contributed by atoms with van der Waals surface area (Å²) in [6.07, 6.45) is 0. The summed E-state index contributed by atoms with van der Waals surface area (Å²) < 4.78 is 19.0. The van der Waals surface area contributed by atoms with Gasteiger partial charge in [0, 0.05) is 29.9 Å². The normalized spacial score (nSPS) is 10.2. The summed E-state index contributed by atoms with van der Waals surface area (Å²) in [4.78, 5) is 11.1. The molecule has 0 aliphatic rings. The van der Waals surface area contributed by atoms with Crippen molar-refractivity contribution in [3.63, 3.8) is 0 Å². The molecule has 0 aliphatic carbocycles. The van der Waals surface area contributed by atoms with Crippen LogP contribution in [0.25, 0.3) is 11.1 Å². The van der Waals surface area contributed by atoms with Gasteiger partial charge in [0.2, 0.25) is 5.91 Å². The molecule has 0 spiro atoms. The van der Waals surface area contributed by atoms with Gasteiger partial charge in [-0.25, -0.2) is 4.39 Å². The fourth-order valence-electron chi connectivity index (χ4n) is 1.94. The number of benzene rings is 2. The second-order valence-corrected chi connectivity index (χ2v) is 4.37. The first-order valence-electron chi connectivity index (χ1n) is 6.01. The van der Waals surface area contributed by atoms with Gasteiger partial charge in [0.05, 0.1) is 7.11 Å². The van der Waals surface area contributed by atoms with Gasteiger partial charge in [-0.15, -0.1) is 0 Å². The number of nitrogens with one attached hydrogen (secondary N) is 1. The van der Waals surface area contributed by atoms with Crippen molar-refractivity contribution in [1.29, 1.82) is 0 Å². The third-order valence-electron chi connectivity index (χ3n) is 2.76. The van der Waals surface area contributed by atoms with Crippen LogP contribution in [0.5, 0.6) is 5.75 Å². The van der Waals surface area contributed by atoms with Crippen LogP contribution in [0.2, 0.25) is 0 Å². The standard InChI is InChI=1S/C15H15FN2O2/c1-9(19)18-12-6-10(5-11(17)7-12)14-4-3-13(20-2)8-15(14)16/h3-8H,17H2,1-2H3,(H,18,19). The topological polar surface area (TPSA) is 64.3 Å². The Morgan fingerprint density at radius 2 is 2.00 bits per heavy atom. The van der Waals surface area contributed by atoms with Crippen molar-refractivity contribution < 1.29 is 13.9 Å². The Hall–Kier alpha value is -2.56. The summed E-state index contributed by atoms with van der Waals surface area (Å²) >= 11 is 0. The van der Waals surface area contributed by atoms with E-state index < -0.39 is 5.82 Å². The molecule has 0 aromatic heterocycles. The number of amides is 1. The molecule has 104 valence electrons. The van der Waals surface area contributed by atoms with Gasteiger partial charge in [0.1, 0.15) is 11.6 Å². The van der Waals surface area contributed by atoms with Gasteiger partial charge in [0.15, 0.2) is 0 Å². The van der Waals surface area contributed by atoms with Crippen molar-refractivity contribution in [1.82, 2.24) is 0 Å². The first kappa shape index (κ1) is 13.9. The molecule has 0 saturated carbocycles. The highest BCUT2D eigenvalue weighted by atomic mass is 19.1. The first-order chi connectivity index (χ1) is 9.49. The smallest absolute Gasteiger partial charge is 0.221 e. The van der Waals surface area contributed by atoms with E-state index in [9.17, 15) is 9.18 Å². The summed E-state index contributed by atoms with van der Waals surface area (Å²) in [5, 5.41) is 2.63. The van der Waals surface area contributed by atoms with Gasteiger partial charge in [-0.3, -0.25) is 4.79 Å². The monoisotopic (exact) mass is 274 g/mol. The van der Waals surface area contributed by atoms with Crippen LogP contribution in [0, 0.1) is 5.82 Å². The minimum atomic E-state index is -0.413. The van der Waals surface area contributed by atoms with Crippen LogP contribution in [0.4, 0.5) is 15.8 Å². The molecule has 0 heterocycles. The Morgan fingerprint density at radius 1 is 1.25 bits per heavy atom. The lowest BCUT2D eigenvalue weighted by molar-refractivity contribution is -0.114. The minimum absolute atomic E-state index is 0.211. The highest BCUT2D eigenvalue weighted by molar-refractivity contribution is 5.90. The number of rotatable bonds is 3. The number of hydrogen-bond donors (Lipinski definition) is 2. The van der Waals surface area contributed by atoms with E-state index in [2.05, 4.69) is 5.32 Å². The summed E-state index contributed by atoms with van der Waals surface area (Å²) in [6.45, 7) is 1.40. The molecular formula is C15H15FN2O2. The number of carbonyl (C=O) groups excluding carboxylic acids is 1. The molecule has 2 aromatic carbocycles. The van der Waals surface area contributed by atoms with Gasteiger partial charge in [-0.1, -0.05) is 0 Å². The third-order valence-corrected chi connectivity index (χ3v) is 2.76. The average Bonchev–Trinajstić information content (AvgIpc) is 2.36. The van der Waals surface area contributed by atoms with E-state index in [0.717, 1.165) is 0 Å². The molecule has 0 saturated heterocycles. The number of anilines is 2. The maximum absolute atomic E-state index is 14.0. The molecule has 2 aromatic rings. The van der Waals surface area contributed by atoms with Crippen LogP contribution < -0.4 is 15.8 Å². The molecule has 0 radical (unpaired) electrons. The summed E-state index contributed by atoms with van der Waals surface area (Å²) in [6, 6.07) is 9.52. The minimum Gasteiger partial charge on any atom is -0.497 e. The van der Waals surface area contributed by atoms with Crippen molar-refractivity contribution in [3.8, 4) is 16.9 Å². The van der Waals surface area contributed by atoms with Gasteiger partial charge in [0.25, 0.3) is 0 Å². The molecule has 3 N–H and O–H groups in total. The second kappa shape index (κ2) is 5.61. The lowest BCUT2D eigenvalue weighted by Crippen LogP contribution is -2.06. The van der Waals surface area contributed by atoms with E-state index in [1.165, 1.54) is 20.1 Å². The van der Waals surface area contributed by atoms with Crippen molar-refractivity contribution in [2.24, 2.45) is 0 Å². The van der Waals surface area contributed by atoms with Crippen molar-refractivity contribution >= 4 is 17.3 Å². The number of carbonyl (C=O) groups is 1. The molecule has 0 atom stereocenters. The molecule has 0 bridgehead atoms. The Morgan fingerprint density at radius 3 is 2.60 bits per heavy atom. The van der Waals surface area contributed by atoms with E-state index in [0.29, 0.717) is 28.3 Å². The van der Waals surface area contributed by atoms with Crippen LogP contribution in [0.3, 0.4) is 0 Å². The van der Waals surface area contributed by atoms with Gasteiger partial charge < -0.3 is 15.8 Å². The Balaban J connectivity index is 2.46. The zero-order valence-electron chi connectivity index (χ0n) is 11.2. The van der Waals surface area contributed by atoms with E-state index in [1.807, 2.05) is 0 Å². The Kier molecular flexibility index (Phi) is 3.89. The Labute approximate surface area is 116 Å². The fraction of sp³-hybridized carbons (Fsp3) is 0.133. The summed E-state index contributed by atoms with van der Waals surface area (Å²) in [5.74, 6) is -0.183. The van der Waals surface area contributed by atoms with Gasteiger partial charge in [-0.05, 0) is 35.9 Å². The molecular weight excluding hydrogens is 259 g/mol. The predicted octanol–water partition coefficient (Wildman–Crippen LogP) is 3.04. The van der Waals surface area contributed by atoms with Crippen LogP contribution in [0.15, 0.2) is 36.4 Å². The van der Waals surface area contributed by atoms with Gasteiger partial charge in [-0.2, -0.15) is 0 Å². The number of methoxy groups -OCH3 is 1. The lowest BCUT2D eigenvalue weighted by atomic mass is 10.0.